The highest BCUT2D eigenvalue weighted by atomic mass is 16.5. The zero-order chi connectivity index (χ0) is 18.5. The summed E-state index contributed by atoms with van der Waals surface area (Å²) in [5.74, 6) is 0. The Morgan fingerprint density at radius 2 is 1.42 bits per heavy atom. The molecule has 2 aromatic carbocycles. The van der Waals surface area contributed by atoms with Crippen molar-refractivity contribution in [2.75, 3.05) is 47.1 Å². The van der Waals surface area contributed by atoms with Crippen LogP contribution in [0.2, 0.25) is 0 Å². The van der Waals surface area contributed by atoms with Gasteiger partial charge in [-0.1, -0.05) is 54.6 Å². The zero-order valence-electron chi connectivity index (χ0n) is 16.1. The summed E-state index contributed by atoms with van der Waals surface area (Å²) >= 11 is 0. The van der Waals surface area contributed by atoms with Gasteiger partial charge in [0.25, 0.3) is 0 Å². The Bertz CT molecular complexity index is 604. The standard InChI is InChI=1S/C22H32N2O2/c1-25-17-13-22-10-6-9-21(19-22)11-14-23-24(16-18-26-2)15-12-20-7-4-3-5-8-20/h3-10,19,23H,11-18H2,1-2H3. The van der Waals surface area contributed by atoms with Crippen LogP contribution in [0.25, 0.3) is 0 Å². The SMILES string of the molecule is COCCc1cccc(CCNN(CCOC)CCc2ccccc2)c1. The first-order chi connectivity index (χ1) is 12.8. The van der Waals surface area contributed by atoms with Gasteiger partial charge in [0, 0.05) is 33.9 Å². The minimum absolute atomic E-state index is 0.730. The van der Waals surface area contributed by atoms with E-state index in [0.29, 0.717) is 0 Å². The van der Waals surface area contributed by atoms with Gasteiger partial charge < -0.3 is 9.47 Å². The van der Waals surface area contributed by atoms with E-state index in [-0.39, 0.29) is 0 Å². The number of nitrogens with one attached hydrogen (secondary N) is 1. The number of rotatable bonds is 13. The van der Waals surface area contributed by atoms with Gasteiger partial charge in [0.15, 0.2) is 0 Å². The molecule has 0 fully saturated rings. The first-order valence-corrected chi connectivity index (χ1v) is 9.40. The topological polar surface area (TPSA) is 33.7 Å². The molecule has 0 heterocycles. The largest absolute Gasteiger partial charge is 0.384 e. The van der Waals surface area contributed by atoms with Crippen LogP contribution in [-0.2, 0) is 28.7 Å². The van der Waals surface area contributed by atoms with Crippen LogP contribution >= 0.6 is 0 Å². The number of benzene rings is 2. The molecule has 4 nitrogen and oxygen atoms in total. The number of hydrazine groups is 1. The van der Waals surface area contributed by atoms with Crippen LogP contribution in [-0.4, -0.2) is 52.1 Å². The average molecular weight is 357 g/mol. The number of ether oxygens (including phenoxy) is 2. The Morgan fingerprint density at radius 1 is 0.731 bits per heavy atom. The van der Waals surface area contributed by atoms with Gasteiger partial charge in [-0.25, -0.2) is 5.01 Å². The Balaban J connectivity index is 1.78. The third kappa shape index (κ3) is 8.11. The Kier molecular flexibility index (Phi) is 9.98. The maximum atomic E-state index is 5.25. The second-order valence-electron chi connectivity index (χ2n) is 6.44. The van der Waals surface area contributed by atoms with Crippen LogP contribution in [0.1, 0.15) is 16.7 Å². The molecular formula is C22H32N2O2. The normalized spacial score (nSPS) is 11.2. The van der Waals surface area contributed by atoms with Gasteiger partial charge in [0.05, 0.1) is 13.2 Å². The van der Waals surface area contributed by atoms with E-state index >= 15 is 0 Å². The highest BCUT2D eigenvalue weighted by Crippen LogP contribution is 2.07. The van der Waals surface area contributed by atoms with E-state index in [9.17, 15) is 0 Å². The molecule has 0 aliphatic carbocycles. The highest BCUT2D eigenvalue weighted by molar-refractivity contribution is 5.24. The van der Waals surface area contributed by atoms with Crippen molar-refractivity contribution in [3.8, 4) is 0 Å². The minimum atomic E-state index is 0.730. The molecule has 0 saturated heterocycles. The molecule has 0 aliphatic rings. The number of hydrogen-bond donors (Lipinski definition) is 1. The van der Waals surface area contributed by atoms with Crippen LogP contribution in [0.3, 0.4) is 0 Å². The molecule has 0 bridgehead atoms. The second-order valence-corrected chi connectivity index (χ2v) is 6.44. The van der Waals surface area contributed by atoms with Gasteiger partial charge in [-0.2, -0.15) is 0 Å². The molecule has 0 atom stereocenters. The van der Waals surface area contributed by atoms with Crippen LogP contribution in [0, 0.1) is 0 Å². The lowest BCUT2D eigenvalue weighted by atomic mass is 10.1. The molecule has 142 valence electrons. The van der Waals surface area contributed by atoms with Crippen LogP contribution in [0.4, 0.5) is 0 Å². The van der Waals surface area contributed by atoms with Gasteiger partial charge in [-0.3, -0.25) is 5.43 Å². The summed E-state index contributed by atoms with van der Waals surface area (Å²) in [4.78, 5) is 0. The Hall–Kier alpha value is -1.72. The summed E-state index contributed by atoms with van der Waals surface area (Å²) < 4.78 is 10.4. The molecule has 1 N–H and O–H groups in total. The second kappa shape index (κ2) is 12.6. The van der Waals surface area contributed by atoms with Crippen molar-refractivity contribution in [3.05, 3.63) is 71.3 Å². The predicted octanol–water partition coefficient (Wildman–Crippen LogP) is 3.11. The highest BCUT2D eigenvalue weighted by Gasteiger charge is 2.05. The number of methoxy groups -OCH3 is 2. The van der Waals surface area contributed by atoms with E-state index in [1.165, 1.54) is 16.7 Å². The van der Waals surface area contributed by atoms with Gasteiger partial charge in [-0.15, -0.1) is 0 Å². The van der Waals surface area contributed by atoms with E-state index in [2.05, 4.69) is 65.0 Å². The molecule has 0 spiro atoms. The van der Waals surface area contributed by atoms with Crippen molar-refractivity contribution in [3.63, 3.8) is 0 Å². The molecule has 0 amide bonds. The molecule has 4 heteroatoms. The Labute approximate surface area is 158 Å². The van der Waals surface area contributed by atoms with Crippen molar-refractivity contribution in [1.82, 2.24) is 10.4 Å². The molecule has 2 rings (SSSR count). The van der Waals surface area contributed by atoms with Crippen LogP contribution in [0.15, 0.2) is 54.6 Å². The quantitative estimate of drug-likeness (QED) is 0.559. The third-order valence-corrected chi connectivity index (χ3v) is 4.41. The van der Waals surface area contributed by atoms with Crippen molar-refractivity contribution in [1.29, 1.82) is 0 Å². The monoisotopic (exact) mass is 356 g/mol. The maximum absolute atomic E-state index is 5.25. The number of nitrogens with zero attached hydrogens (tertiary/aromatic N) is 1. The molecule has 0 unspecified atom stereocenters. The van der Waals surface area contributed by atoms with E-state index in [0.717, 1.165) is 52.1 Å². The lowest BCUT2D eigenvalue weighted by Crippen LogP contribution is -2.42. The van der Waals surface area contributed by atoms with E-state index in [1.807, 2.05) is 0 Å². The average Bonchev–Trinajstić information content (AvgIpc) is 2.69. The molecule has 0 radical (unpaired) electrons. The summed E-state index contributed by atoms with van der Waals surface area (Å²) in [5, 5.41) is 2.27. The van der Waals surface area contributed by atoms with Crippen molar-refractivity contribution in [2.24, 2.45) is 0 Å². The van der Waals surface area contributed by atoms with E-state index in [1.54, 1.807) is 14.2 Å². The predicted molar refractivity (Wildman–Crippen MR) is 107 cm³/mol. The summed E-state index contributed by atoms with van der Waals surface area (Å²) in [6.07, 6.45) is 3.01. The fourth-order valence-corrected chi connectivity index (χ4v) is 2.90. The van der Waals surface area contributed by atoms with E-state index < -0.39 is 0 Å². The van der Waals surface area contributed by atoms with Gasteiger partial charge in [0.1, 0.15) is 0 Å². The fourth-order valence-electron chi connectivity index (χ4n) is 2.90. The molecule has 0 aromatic heterocycles. The third-order valence-electron chi connectivity index (χ3n) is 4.41. The van der Waals surface area contributed by atoms with Crippen LogP contribution in [0.5, 0.6) is 0 Å². The summed E-state index contributed by atoms with van der Waals surface area (Å²) in [6.45, 7) is 4.28. The summed E-state index contributed by atoms with van der Waals surface area (Å²) in [6, 6.07) is 19.4. The molecule has 2 aromatic rings. The van der Waals surface area contributed by atoms with E-state index in [4.69, 9.17) is 9.47 Å². The van der Waals surface area contributed by atoms with Crippen LogP contribution < -0.4 is 5.43 Å². The molecule has 0 saturated carbocycles. The maximum Gasteiger partial charge on any atom is 0.0603 e. The first-order valence-electron chi connectivity index (χ1n) is 9.40. The van der Waals surface area contributed by atoms with Crippen molar-refractivity contribution in [2.45, 2.75) is 19.3 Å². The molecule has 0 aliphatic heterocycles. The van der Waals surface area contributed by atoms with Gasteiger partial charge in [-0.05, 0) is 36.0 Å². The fraction of sp³-hybridized carbons (Fsp3) is 0.455. The summed E-state index contributed by atoms with van der Waals surface area (Å²) in [5.41, 5.74) is 7.63. The lowest BCUT2D eigenvalue weighted by Gasteiger charge is -2.23. The van der Waals surface area contributed by atoms with Gasteiger partial charge in [0.2, 0.25) is 0 Å². The first kappa shape index (κ1) is 20.6. The number of hydrogen-bond acceptors (Lipinski definition) is 4. The van der Waals surface area contributed by atoms with Gasteiger partial charge >= 0.3 is 0 Å². The smallest absolute Gasteiger partial charge is 0.0603 e. The molecular weight excluding hydrogens is 324 g/mol. The van der Waals surface area contributed by atoms with Crippen molar-refractivity contribution >= 4 is 0 Å². The van der Waals surface area contributed by atoms with Crippen molar-refractivity contribution < 1.29 is 9.47 Å². The molecule has 26 heavy (non-hydrogen) atoms. The zero-order valence-corrected chi connectivity index (χ0v) is 16.1. The Morgan fingerprint density at radius 3 is 2.15 bits per heavy atom. The minimum Gasteiger partial charge on any atom is -0.384 e. The lowest BCUT2D eigenvalue weighted by molar-refractivity contribution is 0.115. The summed E-state index contributed by atoms with van der Waals surface area (Å²) in [7, 11) is 3.50.